The van der Waals surface area contributed by atoms with E-state index in [4.69, 9.17) is 21.1 Å². The Morgan fingerprint density at radius 3 is 2.62 bits per heavy atom. The molecule has 0 aliphatic rings. The number of carbonyl (C=O) groups excluding carboxylic acids is 1. The topological polar surface area (TPSA) is 47.6 Å². The zero-order chi connectivity index (χ0) is 17.7. The van der Waals surface area contributed by atoms with Crippen LogP contribution in [0.5, 0.6) is 11.5 Å². The Balaban J connectivity index is 2.16. The summed E-state index contributed by atoms with van der Waals surface area (Å²) in [6.45, 7) is 4.12. The molecule has 128 valence electrons. The minimum Gasteiger partial charge on any atom is -0.493 e. The largest absolute Gasteiger partial charge is 0.493 e. The quantitative estimate of drug-likeness (QED) is 0.840. The summed E-state index contributed by atoms with van der Waals surface area (Å²) >= 11 is 5.78. The van der Waals surface area contributed by atoms with Gasteiger partial charge in [0.25, 0.3) is 5.91 Å². The van der Waals surface area contributed by atoms with E-state index < -0.39 is 5.82 Å². The number of hydrogen-bond donors (Lipinski definition) is 1. The number of amides is 1. The summed E-state index contributed by atoms with van der Waals surface area (Å²) in [5.74, 6) is 0.305. The van der Waals surface area contributed by atoms with Crippen LogP contribution in [0.2, 0.25) is 5.02 Å². The van der Waals surface area contributed by atoms with Gasteiger partial charge in [-0.1, -0.05) is 17.7 Å². The monoisotopic (exact) mass is 351 g/mol. The number of carbonyl (C=O) groups is 1. The van der Waals surface area contributed by atoms with Crippen LogP contribution in [-0.4, -0.2) is 19.6 Å². The van der Waals surface area contributed by atoms with Gasteiger partial charge in [-0.2, -0.15) is 0 Å². The second-order valence-corrected chi connectivity index (χ2v) is 5.57. The molecule has 1 N–H and O–H groups in total. The van der Waals surface area contributed by atoms with Gasteiger partial charge < -0.3 is 14.8 Å². The molecule has 0 aliphatic heterocycles. The fourth-order valence-electron chi connectivity index (χ4n) is 2.23. The molecule has 0 radical (unpaired) electrons. The lowest BCUT2D eigenvalue weighted by molar-refractivity contribution is 0.0939. The molecule has 24 heavy (non-hydrogen) atoms. The van der Waals surface area contributed by atoms with Crippen LogP contribution in [0.4, 0.5) is 4.39 Å². The lowest BCUT2D eigenvalue weighted by atomic mass is 10.1. The first-order chi connectivity index (χ1) is 11.5. The van der Waals surface area contributed by atoms with Crippen molar-refractivity contribution < 1.29 is 18.7 Å². The van der Waals surface area contributed by atoms with E-state index in [9.17, 15) is 9.18 Å². The molecule has 1 unspecified atom stereocenters. The van der Waals surface area contributed by atoms with E-state index in [0.717, 1.165) is 0 Å². The molecular weight excluding hydrogens is 333 g/mol. The van der Waals surface area contributed by atoms with Crippen molar-refractivity contribution in [3.8, 4) is 11.5 Å². The minimum atomic E-state index is -0.490. The molecule has 2 aromatic carbocycles. The average Bonchev–Trinajstić information content (AvgIpc) is 2.57. The summed E-state index contributed by atoms with van der Waals surface area (Å²) in [6.07, 6.45) is 0. The number of rotatable bonds is 6. The Bertz CT molecular complexity index is 736. The van der Waals surface area contributed by atoms with Crippen molar-refractivity contribution >= 4 is 17.5 Å². The summed E-state index contributed by atoms with van der Waals surface area (Å²) in [5, 5.41) is 2.87. The third kappa shape index (κ3) is 4.17. The molecule has 0 heterocycles. The van der Waals surface area contributed by atoms with Crippen LogP contribution in [-0.2, 0) is 0 Å². The molecule has 0 saturated heterocycles. The van der Waals surface area contributed by atoms with Crippen LogP contribution in [0, 0.1) is 5.82 Å². The summed E-state index contributed by atoms with van der Waals surface area (Å²) in [7, 11) is 1.54. The Hall–Kier alpha value is -2.27. The predicted octanol–water partition coefficient (Wildman–Crippen LogP) is 4.38. The van der Waals surface area contributed by atoms with E-state index in [2.05, 4.69) is 5.32 Å². The first-order valence-electron chi connectivity index (χ1n) is 7.53. The highest BCUT2D eigenvalue weighted by atomic mass is 35.5. The van der Waals surface area contributed by atoms with Crippen LogP contribution in [0.15, 0.2) is 36.4 Å². The second kappa shape index (κ2) is 8.02. The SMILES string of the molecule is CCOc1cc(C(=O)NC(C)c2ccc(F)c(Cl)c2)ccc1OC. The summed E-state index contributed by atoms with van der Waals surface area (Å²) in [6, 6.07) is 9.00. The van der Waals surface area contributed by atoms with Gasteiger partial charge in [0.1, 0.15) is 5.82 Å². The standard InChI is InChI=1S/C18H19ClFNO3/c1-4-24-17-10-13(6-8-16(17)23-3)18(22)21-11(2)12-5-7-15(20)14(19)9-12/h5-11H,4H2,1-3H3,(H,21,22). The molecule has 0 spiro atoms. The van der Waals surface area contributed by atoms with Crippen molar-refractivity contribution in [1.29, 1.82) is 0 Å². The van der Waals surface area contributed by atoms with Gasteiger partial charge in [0, 0.05) is 5.56 Å². The number of benzene rings is 2. The Labute approximate surface area is 145 Å². The van der Waals surface area contributed by atoms with Gasteiger partial charge in [0.2, 0.25) is 0 Å². The van der Waals surface area contributed by atoms with Gasteiger partial charge in [0.05, 0.1) is 24.8 Å². The Morgan fingerprint density at radius 1 is 1.25 bits per heavy atom. The van der Waals surface area contributed by atoms with Crippen molar-refractivity contribution in [2.45, 2.75) is 19.9 Å². The van der Waals surface area contributed by atoms with Gasteiger partial charge in [-0.3, -0.25) is 4.79 Å². The lowest BCUT2D eigenvalue weighted by Gasteiger charge is -2.16. The first kappa shape index (κ1) is 18.1. The van der Waals surface area contributed by atoms with Crippen LogP contribution in [0.25, 0.3) is 0 Å². The van der Waals surface area contributed by atoms with Crippen LogP contribution in [0.1, 0.15) is 35.8 Å². The maximum absolute atomic E-state index is 13.2. The molecular formula is C18H19ClFNO3. The maximum Gasteiger partial charge on any atom is 0.251 e. The van der Waals surface area contributed by atoms with Gasteiger partial charge in [0.15, 0.2) is 11.5 Å². The summed E-state index contributed by atoms with van der Waals surface area (Å²) < 4.78 is 23.9. The second-order valence-electron chi connectivity index (χ2n) is 5.17. The van der Waals surface area contributed by atoms with Crippen molar-refractivity contribution in [3.05, 3.63) is 58.4 Å². The highest BCUT2D eigenvalue weighted by Gasteiger charge is 2.15. The van der Waals surface area contributed by atoms with E-state index in [1.54, 1.807) is 31.2 Å². The van der Waals surface area contributed by atoms with Crippen LogP contribution in [0.3, 0.4) is 0 Å². The molecule has 0 fully saturated rings. The molecule has 4 nitrogen and oxygen atoms in total. The zero-order valence-electron chi connectivity index (χ0n) is 13.7. The van der Waals surface area contributed by atoms with Gasteiger partial charge in [-0.05, 0) is 49.7 Å². The molecule has 0 saturated carbocycles. The summed E-state index contributed by atoms with van der Waals surface area (Å²) in [5.41, 5.74) is 1.16. The van der Waals surface area contributed by atoms with Crippen LogP contribution >= 0.6 is 11.6 Å². The van der Waals surface area contributed by atoms with Gasteiger partial charge >= 0.3 is 0 Å². The number of nitrogens with one attached hydrogen (secondary N) is 1. The van der Waals surface area contributed by atoms with E-state index in [1.165, 1.54) is 19.2 Å². The molecule has 2 aromatic rings. The van der Waals surface area contributed by atoms with Crippen molar-refractivity contribution in [1.82, 2.24) is 5.32 Å². The number of halogens is 2. The number of ether oxygens (including phenoxy) is 2. The predicted molar refractivity (Wildman–Crippen MR) is 91.5 cm³/mol. The normalized spacial score (nSPS) is 11.7. The van der Waals surface area contributed by atoms with Crippen molar-refractivity contribution in [2.75, 3.05) is 13.7 Å². The van der Waals surface area contributed by atoms with Crippen molar-refractivity contribution in [2.24, 2.45) is 0 Å². The number of hydrogen-bond acceptors (Lipinski definition) is 3. The van der Waals surface area contributed by atoms with Crippen molar-refractivity contribution in [3.63, 3.8) is 0 Å². The number of methoxy groups -OCH3 is 1. The van der Waals surface area contributed by atoms with E-state index >= 15 is 0 Å². The fraction of sp³-hybridized carbons (Fsp3) is 0.278. The van der Waals surface area contributed by atoms with E-state index in [0.29, 0.717) is 29.2 Å². The molecule has 2 rings (SSSR count). The molecule has 0 aromatic heterocycles. The Kier molecular flexibility index (Phi) is 6.04. The fourth-order valence-corrected chi connectivity index (χ4v) is 2.42. The zero-order valence-corrected chi connectivity index (χ0v) is 14.5. The molecule has 1 amide bonds. The molecule has 1 atom stereocenters. The van der Waals surface area contributed by atoms with Gasteiger partial charge in [-0.15, -0.1) is 0 Å². The molecule has 0 aliphatic carbocycles. The minimum absolute atomic E-state index is 0.0247. The highest BCUT2D eigenvalue weighted by Crippen LogP contribution is 2.28. The van der Waals surface area contributed by atoms with Gasteiger partial charge in [-0.25, -0.2) is 4.39 Å². The first-order valence-corrected chi connectivity index (χ1v) is 7.90. The molecule has 6 heteroatoms. The maximum atomic E-state index is 13.2. The Morgan fingerprint density at radius 2 is 2.00 bits per heavy atom. The van der Waals surface area contributed by atoms with E-state index in [-0.39, 0.29) is 17.0 Å². The average molecular weight is 352 g/mol. The molecule has 0 bridgehead atoms. The highest BCUT2D eigenvalue weighted by molar-refractivity contribution is 6.30. The third-order valence-electron chi connectivity index (χ3n) is 3.52. The summed E-state index contributed by atoms with van der Waals surface area (Å²) in [4.78, 5) is 12.4. The van der Waals surface area contributed by atoms with Crippen LogP contribution < -0.4 is 14.8 Å². The van der Waals surface area contributed by atoms with E-state index in [1.807, 2.05) is 6.92 Å². The third-order valence-corrected chi connectivity index (χ3v) is 3.81. The lowest BCUT2D eigenvalue weighted by Crippen LogP contribution is -2.26. The smallest absolute Gasteiger partial charge is 0.251 e.